The number of ether oxygens (including phenoxy) is 1. The van der Waals surface area contributed by atoms with Gasteiger partial charge in [0.25, 0.3) is 10.0 Å². The van der Waals surface area contributed by atoms with Gasteiger partial charge >= 0.3 is 0 Å². The summed E-state index contributed by atoms with van der Waals surface area (Å²) in [6.07, 6.45) is 2.98. The number of sulfonamides is 1. The molecule has 2 aromatic carbocycles. The van der Waals surface area contributed by atoms with Gasteiger partial charge in [0.1, 0.15) is 5.75 Å². The average Bonchev–Trinajstić information content (AvgIpc) is 3.10. The SMILES string of the molecule is COc1ccc(-c2[nH]ncc2C=NNS(=O)(=O)c2ccc(C)cc2)cc1. The maximum Gasteiger partial charge on any atom is 0.276 e. The third-order valence-electron chi connectivity index (χ3n) is 3.76. The second kappa shape index (κ2) is 7.40. The molecule has 3 aromatic rings. The van der Waals surface area contributed by atoms with Gasteiger partial charge in [-0.3, -0.25) is 5.10 Å². The lowest BCUT2D eigenvalue weighted by Crippen LogP contribution is -2.18. The molecule has 7 nitrogen and oxygen atoms in total. The first-order valence-corrected chi connectivity index (χ1v) is 9.27. The van der Waals surface area contributed by atoms with E-state index in [0.29, 0.717) is 5.56 Å². The first kappa shape index (κ1) is 17.7. The molecule has 2 N–H and O–H groups in total. The van der Waals surface area contributed by atoms with Crippen LogP contribution in [0.3, 0.4) is 0 Å². The van der Waals surface area contributed by atoms with Crippen LogP contribution in [0.1, 0.15) is 11.1 Å². The number of aromatic nitrogens is 2. The molecule has 26 heavy (non-hydrogen) atoms. The van der Waals surface area contributed by atoms with Crippen LogP contribution in [0.5, 0.6) is 5.75 Å². The summed E-state index contributed by atoms with van der Waals surface area (Å²) in [6.45, 7) is 1.89. The van der Waals surface area contributed by atoms with Crippen molar-refractivity contribution >= 4 is 16.2 Å². The van der Waals surface area contributed by atoms with Crippen molar-refractivity contribution in [3.05, 3.63) is 65.9 Å². The summed E-state index contributed by atoms with van der Waals surface area (Å²) in [5.41, 5.74) is 3.24. The second-order valence-corrected chi connectivity index (χ2v) is 7.26. The molecular formula is C18H18N4O3S. The molecule has 8 heteroatoms. The topological polar surface area (TPSA) is 96.4 Å². The Morgan fingerprint density at radius 2 is 1.81 bits per heavy atom. The van der Waals surface area contributed by atoms with Gasteiger partial charge in [-0.25, -0.2) is 4.83 Å². The molecule has 3 rings (SSSR count). The number of aromatic amines is 1. The number of hydrazone groups is 1. The maximum atomic E-state index is 12.2. The molecule has 0 bridgehead atoms. The molecule has 0 aliphatic rings. The number of hydrogen-bond donors (Lipinski definition) is 2. The number of H-pyrrole nitrogens is 1. The fourth-order valence-electron chi connectivity index (χ4n) is 2.32. The van der Waals surface area contributed by atoms with Gasteiger partial charge in [0, 0.05) is 11.1 Å². The van der Waals surface area contributed by atoms with Crippen LogP contribution in [-0.2, 0) is 10.0 Å². The first-order chi connectivity index (χ1) is 12.5. The maximum absolute atomic E-state index is 12.2. The highest BCUT2D eigenvalue weighted by Crippen LogP contribution is 2.22. The Morgan fingerprint density at radius 3 is 2.46 bits per heavy atom. The zero-order valence-electron chi connectivity index (χ0n) is 14.3. The van der Waals surface area contributed by atoms with Gasteiger partial charge in [-0.2, -0.15) is 18.6 Å². The Balaban J connectivity index is 1.77. The van der Waals surface area contributed by atoms with E-state index in [0.717, 1.165) is 22.6 Å². The van der Waals surface area contributed by atoms with Crippen molar-refractivity contribution in [3.8, 4) is 17.0 Å². The van der Waals surface area contributed by atoms with E-state index in [1.54, 1.807) is 25.4 Å². The van der Waals surface area contributed by atoms with Crippen molar-refractivity contribution in [1.29, 1.82) is 0 Å². The van der Waals surface area contributed by atoms with Gasteiger partial charge in [0.05, 0.1) is 30.1 Å². The van der Waals surface area contributed by atoms with Crippen LogP contribution in [-0.4, -0.2) is 31.9 Å². The molecule has 0 atom stereocenters. The quantitative estimate of drug-likeness (QED) is 0.515. The fraction of sp³-hybridized carbons (Fsp3) is 0.111. The zero-order valence-corrected chi connectivity index (χ0v) is 15.1. The van der Waals surface area contributed by atoms with Crippen molar-refractivity contribution in [1.82, 2.24) is 15.0 Å². The van der Waals surface area contributed by atoms with E-state index in [1.807, 2.05) is 31.2 Å². The van der Waals surface area contributed by atoms with Crippen LogP contribution < -0.4 is 9.57 Å². The van der Waals surface area contributed by atoms with Crippen LogP contribution >= 0.6 is 0 Å². The van der Waals surface area contributed by atoms with Crippen LogP contribution in [0.2, 0.25) is 0 Å². The van der Waals surface area contributed by atoms with E-state index < -0.39 is 10.0 Å². The van der Waals surface area contributed by atoms with Gasteiger partial charge in [-0.05, 0) is 43.3 Å². The minimum Gasteiger partial charge on any atom is -0.497 e. The molecule has 134 valence electrons. The Kier molecular flexibility index (Phi) is 5.04. The molecule has 0 radical (unpaired) electrons. The van der Waals surface area contributed by atoms with E-state index in [9.17, 15) is 8.42 Å². The van der Waals surface area contributed by atoms with Crippen molar-refractivity contribution in [2.75, 3.05) is 7.11 Å². The van der Waals surface area contributed by atoms with Crippen molar-refractivity contribution in [2.24, 2.45) is 5.10 Å². The summed E-state index contributed by atoms with van der Waals surface area (Å²) in [5.74, 6) is 0.745. The fourth-order valence-corrected chi connectivity index (χ4v) is 3.11. The monoisotopic (exact) mass is 370 g/mol. The standard InChI is InChI=1S/C18H18N4O3S/c1-13-3-9-17(10-4-13)26(23,24)22-20-12-15-11-19-21-18(15)14-5-7-16(25-2)8-6-14/h3-12,22H,1-2H3,(H,19,21). The van der Waals surface area contributed by atoms with Crippen LogP contribution in [0.25, 0.3) is 11.3 Å². The summed E-state index contributed by atoms with van der Waals surface area (Å²) >= 11 is 0. The largest absolute Gasteiger partial charge is 0.497 e. The smallest absolute Gasteiger partial charge is 0.276 e. The van der Waals surface area contributed by atoms with E-state index in [1.165, 1.54) is 18.3 Å². The molecule has 0 aliphatic heterocycles. The van der Waals surface area contributed by atoms with Crippen LogP contribution in [0, 0.1) is 6.92 Å². The van der Waals surface area contributed by atoms with Crippen molar-refractivity contribution in [3.63, 3.8) is 0 Å². The van der Waals surface area contributed by atoms with E-state index >= 15 is 0 Å². The lowest BCUT2D eigenvalue weighted by molar-refractivity contribution is 0.415. The lowest BCUT2D eigenvalue weighted by atomic mass is 10.1. The number of rotatable bonds is 6. The summed E-state index contributed by atoms with van der Waals surface area (Å²) < 4.78 is 29.6. The molecule has 0 amide bonds. The van der Waals surface area contributed by atoms with Gasteiger partial charge < -0.3 is 4.74 Å². The molecule has 0 saturated carbocycles. The number of benzene rings is 2. The Labute approximate surface area is 151 Å². The minimum absolute atomic E-state index is 0.155. The lowest BCUT2D eigenvalue weighted by Gasteiger charge is -2.04. The predicted molar refractivity (Wildman–Crippen MR) is 99.7 cm³/mol. The summed E-state index contributed by atoms with van der Waals surface area (Å²) in [6, 6.07) is 13.9. The molecular weight excluding hydrogens is 352 g/mol. The number of nitrogens with one attached hydrogen (secondary N) is 2. The van der Waals surface area contributed by atoms with Crippen LogP contribution in [0.4, 0.5) is 0 Å². The highest BCUT2D eigenvalue weighted by Gasteiger charge is 2.12. The van der Waals surface area contributed by atoms with Crippen molar-refractivity contribution < 1.29 is 13.2 Å². The molecule has 0 fully saturated rings. The molecule has 1 heterocycles. The summed E-state index contributed by atoms with van der Waals surface area (Å²) in [4.78, 5) is 2.37. The van der Waals surface area contributed by atoms with Gasteiger partial charge in [-0.15, -0.1) is 0 Å². The highest BCUT2D eigenvalue weighted by atomic mass is 32.2. The third-order valence-corrected chi connectivity index (χ3v) is 4.99. The van der Waals surface area contributed by atoms with E-state index in [-0.39, 0.29) is 4.90 Å². The van der Waals surface area contributed by atoms with E-state index in [4.69, 9.17) is 4.74 Å². The number of nitrogens with zero attached hydrogens (tertiary/aromatic N) is 2. The zero-order chi connectivity index (χ0) is 18.6. The molecule has 0 aliphatic carbocycles. The number of hydrogen-bond acceptors (Lipinski definition) is 5. The predicted octanol–water partition coefficient (Wildman–Crippen LogP) is 2.71. The molecule has 0 unspecified atom stereocenters. The molecule has 1 aromatic heterocycles. The normalized spacial score (nSPS) is 11.6. The van der Waals surface area contributed by atoms with Gasteiger partial charge in [0.2, 0.25) is 0 Å². The Bertz CT molecular complexity index is 1010. The Hall–Kier alpha value is -3.13. The molecule has 0 saturated heterocycles. The second-order valence-electron chi connectivity index (χ2n) is 5.59. The molecule has 0 spiro atoms. The van der Waals surface area contributed by atoms with Crippen molar-refractivity contribution in [2.45, 2.75) is 11.8 Å². The number of aryl methyl sites for hydroxylation is 1. The highest BCUT2D eigenvalue weighted by molar-refractivity contribution is 7.89. The van der Waals surface area contributed by atoms with Gasteiger partial charge in [-0.1, -0.05) is 17.7 Å². The van der Waals surface area contributed by atoms with E-state index in [2.05, 4.69) is 20.1 Å². The Morgan fingerprint density at radius 1 is 1.12 bits per heavy atom. The first-order valence-electron chi connectivity index (χ1n) is 7.79. The van der Waals surface area contributed by atoms with Gasteiger partial charge in [0.15, 0.2) is 0 Å². The summed E-state index contributed by atoms with van der Waals surface area (Å²) in [5, 5.41) is 10.7. The third kappa shape index (κ3) is 3.92. The van der Waals surface area contributed by atoms with Crippen LogP contribution in [0.15, 0.2) is 64.7 Å². The summed E-state index contributed by atoms with van der Waals surface area (Å²) in [7, 11) is -2.11. The average molecular weight is 370 g/mol. The minimum atomic E-state index is -3.71. The number of methoxy groups -OCH3 is 1.